The maximum Gasteiger partial charge on any atom is 0.253 e. The molecule has 0 atom stereocenters. The maximum atomic E-state index is 13.3. The molecule has 3 aromatic heterocycles. The number of amides is 1. The third-order valence-corrected chi connectivity index (χ3v) is 8.48. The zero-order chi connectivity index (χ0) is 25.2. The van der Waals surface area contributed by atoms with E-state index in [2.05, 4.69) is 34.8 Å². The van der Waals surface area contributed by atoms with Crippen LogP contribution in [0.15, 0.2) is 35.6 Å². The van der Waals surface area contributed by atoms with Gasteiger partial charge in [-0.3, -0.25) is 9.59 Å². The zero-order valence-corrected chi connectivity index (χ0v) is 21.4. The van der Waals surface area contributed by atoms with Crippen LogP contribution in [0.4, 0.5) is 5.82 Å². The van der Waals surface area contributed by atoms with Gasteiger partial charge in [0.2, 0.25) is 5.91 Å². The van der Waals surface area contributed by atoms with Gasteiger partial charge in [-0.05, 0) is 57.7 Å². The largest absolute Gasteiger partial charge is 0.352 e. The van der Waals surface area contributed by atoms with E-state index < -0.39 is 0 Å². The quantitative estimate of drug-likeness (QED) is 0.568. The number of carbonyl (C=O) groups excluding carboxylic acids is 1. The Morgan fingerprint density at radius 2 is 1.76 bits per heavy atom. The highest BCUT2D eigenvalue weighted by Gasteiger charge is 2.33. The number of piperazine rings is 1. The molecule has 10 heteroatoms. The lowest BCUT2D eigenvalue weighted by atomic mass is 9.83. The van der Waals surface area contributed by atoms with Crippen molar-refractivity contribution in [3.63, 3.8) is 0 Å². The fraction of sp³-hybridized carbons (Fsp3) is 0.593. The van der Waals surface area contributed by atoms with Crippen molar-refractivity contribution in [1.82, 2.24) is 34.5 Å². The topological polar surface area (TPSA) is 103 Å². The number of nitrogens with zero attached hydrogens (tertiary/aromatic N) is 7. The van der Waals surface area contributed by atoms with Crippen molar-refractivity contribution in [3.05, 3.63) is 46.8 Å². The number of rotatable bonds is 5. The molecule has 0 radical (unpaired) electrons. The number of carbonyl (C=O) groups is 1. The van der Waals surface area contributed by atoms with E-state index in [0.717, 1.165) is 50.0 Å². The summed E-state index contributed by atoms with van der Waals surface area (Å²) in [5.74, 6) is 1.36. The van der Waals surface area contributed by atoms with Gasteiger partial charge in [0.05, 0.1) is 18.1 Å². The number of anilines is 1. The fourth-order valence-electron chi connectivity index (χ4n) is 6.36. The van der Waals surface area contributed by atoms with E-state index in [1.807, 2.05) is 6.07 Å². The Kier molecular flexibility index (Phi) is 6.91. The number of aromatic nitrogens is 5. The second-order valence-corrected chi connectivity index (χ2v) is 10.7. The Balaban J connectivity index is 1.07. The van der Waals surface area contributed by atoms with Gasteiger partial charge in [-0.1, -0.05) is 12.5 Å². The van der Waals surface area contributed by atoms with Crippen molar-refractivity contribution < 1.29 is 4.79 Å². The summed E-state index contributed by atoms with van der Waals surface area (Å²) in [7, 11) is 0. The van der Waals surface area contributed by atoms with E-state index in [-0.39, 0.29) is 11.5 Å². The zero-order valence-electron chi connectivity index (χ0n) is 21.4. The molecular weight excluding hydrogens is 468 g/mol. The normalized spacial score (nSPS) is 23.5. The van der Waals surface area contributed by atoms with Crippen LogP contribution < -0.4 is 10.5 Å². The molecule has 0 spiro atoms. The lowest BCUT2D eigenvalue weighted by Crippen LogP contribution is -2.51. The summed E-state index contributed by atoms with van der Waals surface area (Å²) in [6, 6.07) is 4.29. The highest BCUT2D eigenvalue weighted by atomic mass is 16.2. The SMILES string of the molecule is O=C(C1CCC(N2CCCCC2)CC1)N1CCN(c2ncnc3c2cnn3Cc2ccc[nH]c2=O)CC1. The molecular formula is C27H36N8O2. The summed E-state index contributed by atoms with van der Waals surface area (Å²) in [6.45, 7) is 5.73. The second kappa shape index (κ2) is 10.6. The number of fused-ring (bicyclic) bond motifs is 1. The minimum absolute atomic E-state index is 0.124. The monoisotopic (exact) mass is 504 g/mol. The highest BCUT2D eigenvalue weighted by Crippen LogP contribution is 2.31. The van der Waals surface area contributed by atoms with Crippen LogP contribution >= 0.6 is 0 Å². The number of nitrogens with one attached hydrogen (secondary N) is 1. The van der Waals surface area contributed by atoms with Crippen LogP contribution in [0.2, 0.25) is 0 Å². The molecule has 3 fully saturated rings. The van der Waals surface area contributed by atoms with E-state index in [1.54, 1.807) is 29.5 Å². The first kappa shape index (κ1) is 24.1. The van der Waals surface area contributed by atoms with Crippen LogP contribution in [0.1, 0.15) is 50.5 Å². The van der Waals surface area contributed by atoms with Crippen molar-refractivity contribution in [2.75, 3.05) is 44.2 Å². The molecule has 1 aliphatic carbocycles. The van der Waals surface area contributed by atoms with Crippen LogP contribution in [-0.4, -0.2) is 85.7 Å². The van der Waals surface area contributed by atoms with Crippen LogP contribution in [0, 0.1) is 5.92 Å². The summed E-state index contributed by atoms with van der Waals surface area (Å²) in [6.07, 6.45) is 13.4. The van der Waals surface area contributed by atoms with Gasteiger partial charge in [0.25, 0.3) is 5.56 Å². The molecule has 2 aliphatic heterocycles. The van der Waals surface area contributed by atoms with Crippen molar-refractivity contribution >= 4 is 22.8 Å². The number of aromatic amines is 1. The number of hydrogen-bond donors (Lipinski definition) is 1. The molecule has 10 nitrogen and oxygen atoms in total. The molecule has 3 aromatic rings. The van der Waals surface area contributed by atoms with Gasteiger partial charge in [0, 0.05) is 49.9 Å². The maximum absolute atomic E-state index is 13.3. The number of piperidine rings is 1. The van der Waals surface area contributed by atoms with Crippen molar-refractivity contribution in [3.8, 4) is 0 Å². The summed E-state index contributed by atoms with van der Waals surface area (Å²) < 4.78 is 1.74. The summed E-state index contributed by atoms with van der Waals surface area (Å²) >= 11 is 0. The number of likely N-dealkylation sites (tertiary alicyclic amines) is 1. The van der Waals surface area contributed by atoms with E-state index >= 15 is 0 Å². The smallest absolute Gasteiger partial charge is 0.253 e. The Labute approximate surface area is 216 Å². The predicted molar refractivity (Wildman–Crippen MR) is 141 cm³/mol. The lowest BCUT2D eigenvalue weighted by molar-refractivity contribution is -0.137. The molecule has 6 rings (SSSR count). The minimum Gasteiger partial charge on any atom is -0.352 e. The molecule has 0 aromatic carbocycles. The Hall–Kier alpha value is -3.27. The summed E-state index contributed by atoms with van der Waals surface area (Å²) in [5.41, 5.74) is 1.21. The van der Waals surface area contributed by atoms with Gasteiger partial charge >= 0.3 is 0 Å². The van der Waals surface area contributed by atoms with E-state index in [1.165, 1.54) is 32.4 Å². The van der Waals surface area contributed by atoms with Crippen LogP contribution in [0.5, 0.6) is 0 Å². The predicted octanol–water partition coefficient (Wildman–Crippen LogP) is 2.26. The standard InChI is InChI=1S/C27H36N8O2/c36-26-21(5-4-10-28-26)18-35-25-23(17-31-35)24(29-19-30-25)33-13-15-34(16-14-33)27(37)20-6-8-22(9-7-20)32-11-2-1-3-12-32/h4-5,10,17,19-20,22H,1-3,6-9,11-16,18H2,(H,28,36). The highest BCUT2D eigenvalue weighted by molar-refractivity contribution is 5.87. The van der Waals surface area contributed by atoms with Gasteiger partial charge in [-0.25, -0.2) is 14.6 Å². The average molecular weight is 505 g/mol. The average Bonchev–Trinajstić information content (AvgIpc) is 3.37. The van der Waals surface area contributed by atoms with E-state index in [9.17, 15) is 9.59 Å². The summed E-state index contributed by atoms with van der Waals surface area (Å²) in [4.78, 5) is 44.1. The lowest BCUT2D eigenvalue weighted by Gasteiger charge is -2.41. The molecule has 0 bridgehead atoms. The van der Waals surface area contributed by atoms with E-state index in [4.69, 9.17) is 0 Å². The van der Waals surface area contributed by atoms with E-state index in [0.29, 0.717) is 42.8 Å². The molecule has 0 unspecified atom stereocenters. The van der Waals surface area contributed by atoms with Crippen molar-refractivity contribution in [1.29, 1.82) is 0 Å². The van der Waals surface area contributed by atoms with Gasteiger partial charge < -0.3 is 19.7 Å². The molecule has 37 heavy (non-hydrogen) atoms. The third-order valence-electron chi connectivity index (χ3n) is 8.48. The molecule has 1 amide bonds. The molecule has 1 N–H and O–H groups in total. The van der Waals surface area contributed by atoms with Gasteiger partial charge in [-0.2, -0.15) is 5.10 Å². The minimum atomic E-state index is -0.124. The Bertz CT molecular complexity index is 1280. The van der Waals surface area contributed by atoms with Crippen molar-refractivity contribution in [2.45, 2.75) is 57.5 Å². The fourth-order valence-corrected chi connectivity index (χ4v) is 6.36. The molecule has 196 valence electrons. The van der Waals surface area contributed by atoms with Crippen LogP contribution in [0.25, 0.3) is 11.0 Å². The van der Waals surface area contributed by atoms with Crippen molar-refractivity contribution in [2.24, 2.45) is 5.92 Å². The number of hydrogen-bond acceptors (Lipinski definition) is 7. The molecule has 2 saturated heterocycles. The third kappa shape index (κ3) is 4.99. The Morgan fingerprint density at radius 3 is 2.51 bits per heavy atom. The molecule has 1 saturated carbocycles. The Morgan fingerprint density at radius 1 is 0.973 bits per heavy atom. The first-order valence-electron chi connectivity index (χ1n) is 13.8. The van der Waals surface area contributed by atoms with Crippen LogP contribution in [-0.2, 0) is 11.3 Å². The van der Waals surface area contributed by atoms with Gasteiger partial charge in [0.15, 0.2) is 5.65 Å². The first-order valence-corrected chi connectivity index (χ1v) is 13.8. The summed E-state index contributed by atoms with van der Waals surface area (Å²) in [5, 5.41) is 5.36. The van der Waals surface area contributed by atoms with Gasteiger partial charge in [-0.15, -0.1) is 0 Å². The molecule has 3 aliphatic rings. The number of pyridine rings is 1. The first-order chi connectivity index (χ1) is 18.2. The second-order valence-electron chi connectivity index (χ2n) is 10.7. The van der Waals surface area contributed by atoms with Crippen LogP contribution in [0.3, 0.4) is 0 Å². The molecule has 5 heterocycles. The van der Waals surface area contributed by atoms with Gasteiger partial charge in [0.1, 0.15) is 12.1 Å². The number of H-pyrrole nitrogens is 1.